The van der Waals surface area contributed by atoms with Gasteiger partial charge in [0.25, 0.3) is 5.56 Å². The van der Waals surface area contributed by atoms with Crippen molar-refractivity contribution < 1.29 is 8.42 Å². The van der Waals surface area contributed by atoms with E-state index in [0.717, 1.165) is 49.0 Å². The van der Waals surface area contributed by atoms with Crippen LogP contribution in [0.1, 0.15) is 25.7 Å². The number of benzene rings is 2. The summed E-state index contributed by atoms with van der Waals surface area (Å²) >= 11 is 1.49. The van der Waals surface area contributed by atoms with Gasteiger partial charge in [0, 0.05) is 44.2 Å². The summed E-state index contributed by atoms with van der Waals surface area (Å²) in [4.78, 5) is 28.9. The predicted molar refractivity (Wildman–Crippen MR) is 162 cm³/mol. The molecule has 1 spiro atoms. The van der Waals surface area contributed by atoms with Crippen molar-refractivity contribution in [3.63, 3.8) is 0 Å². The molecular formula is C29H33N7O3S2. The maximum Gasteiger partial charge on any atom is 0.264 e. The molecule has 1 unspecified atom stereocenters. The average Bonchev–Trinajstić information content (AvgIpc) is 3.73. The van der Waals surface area contributed by atoms with Crippen LogP contribution in [0, 0.1) is 5.41 Å². The van der Waals surface area contributed by atoms with Gasteiger partial charge < -0.3 is 15.5 Å². The van der Waals surface area contributed by atoms with Crippen LogP contribution in [0.5, 0.6) is 0 Å². The Morgan fingerprint density at radius 3 is 2.61 bits per heavy atom. The first-order valence-corrected chi connectivity index (χ1v) is 16.4. The van der Waals surface area contributed by atoms with Crippen molar-refractivity contribution in [3.05, 3.63) is 65.0 Å². The van der Waals surface area contributed by atoms with Gasteiger partial charge in [0.05, 0.1) is 15.1 Å². The van der Waals surface area contributed by atoms with E-state index >= 15 is 0 Å². The molecule has 214 valence electrons. The number of rotatable bonds is 6. The van der Waals surface area contributed by atoms with Crippen molar-refractivity contribution in [3.8, 4) is 10.6 Å². The second-order valence-corrected chi connectivity index (χ2v) is 14.3. The van der Waals surface area contributed by atoms with E-state index in [2.05, 4.69) is 20.5 Å². The molecule has 5 heterocycles. The smallest absolute Gasteiger partial charge is 0.264 e. The standard InChI is InChI=1S/C29H33N7O3S2/c37-26-24(27-32-22-10-4-5-11-23(22)40-27)25(31-20-7-6-14-30-17-20)33-28(34-26)35-15-12-29(18-35)13-16-36(19-29)41(38,39)21-8-2-1-3-9-21/h1-5,8-11,20,30H,6-7,12-19H2,(H2,31,33,34,37)/t20-,29?/m1/s1. The molecule has 3 aliphatic rings. The predicted octanol–water partition coefficient (Wildman–Crippen LogP) is 3.50. The molecule has 2 atom stereocenters. The fourth-order valence-corrected chi connectivity index (χ4v) is 8.93. The molecular weight excluding hydrogens is 558 g/mol. The third kappa shape index (κ3) is 5.03. The van der Waals surface area contributed by atoms with Crippen LogP contribution >= 0.6 is 11.3 Å². The van der Waals surface area contributed by atoms with Gasteiger partial charge >= 0.3 is 0 Å². The maximum absolute atomic E-state index is 13.7. The number of nitrogens with one attached hydrogen (secondary N) is 3. The largest absolute Gasteiger partial charge is 0.365 e. The van der Waals surface area contributed by atoms with Crippen molar-refractivity contribution in [2.45, 2.75) is 36.6 Å². The zero-order chi connectivity index (χ0) is 28.0. The molecule has 0 amide bonds. The molecule has 0 aliphatic carbocycles. The fraction of sp³-hybridized carbons (Fsp3) is 0.414. The van der Waals surface area contributed by atoms with Crippen molar-refractivity contribution in [2.24, 2.45) is 5.41 Å². The Hall–Kier alpha value is -3.32. The number of nitrogens with zero attached hydrogens (tertiary/aromatic N) is 4. The van der Waals surface area contributed by atoms with Crippen LogP contribution in [0.2, 0.25) is 0 Å². The minimum absolute atomic E-state index is 0.163. The van der Waals surface area contributed by atoms with Crippen LogP contribution < -0.4 is 21.1 Å². The van der Waals surface area contributed by atoms with Gasteiger partial charge in [-0.2, -0.15) is 9.29 Å². The maximum atomic E-state index is 13.7. The van der Waals surface area contributed by atoms with Crippen LogP contribution in [0.4, 0.5) is 11.8 Å². The highest BCUT2D eigenvalue weighted by Crippen LogP contribution is 2.42. The van der Waals surface area contributed by atoms with E-state index in [1.54, 1.807) is 28.6 Å². The number of aromatic nitrogens is 3. The topological polar surface area (TPSA) is 123 Å². The van der Waals surface area contributed by atoms with E-state index in [9.17, 15) is 13.2 Å². The molecule has 3 saturated heterocycles. The summed E-state index contributed by atoms with van der Waals surface area (Å²) in [7, 11) is -3.54. The lowest BCUT2D eigenvalue weighted by Crippen LogP contribution is -2.39. The number of aromatic amines is 1. The van der Waals surface area contributed by atoms with Crippen LogP contribution in [0.25, 0.3) is 20.8 Å². The van der Waals surface area contributed by atoms with E-state index in [1.807, 2.05) is 30.3 Å². The number of H-pyrrole nitrogens is 1. The summed E-state index contributed by atoms with van der Waals surface area (Å²) in [5.41, 5.74) is 0.933. The highest BCUT2D eigenvalue weighted by Gasteiger charge is 2.47. The Morgan fingerprint density at radius 1 is 1.00 bits per heavy atom. The highest BCUT2D eigenvalue weighted by molar-refractivity contribution is 7.89. The van der Waals surface area contributed by atoms with Gasteiger partial charge in [-0.05, 0) is 56.5 Å². The number of hydrogen-bond acceptors (Lipinski definition) is 9. The molecule has 4 aromatic rings. The van der Waals surface area contributed by atoms with E-state index in [-0.39, 0.29) is 17.0 Å². The van der Waals surface area contributed by atoms with Gasteiger partial charge in [-0.25, -0.2) is 13.4 Å². The molecule has 0 radical (unpaired) electrons. The van der Waals surface area contributed by atoms with Gasteiger partial charge in [-0.15, -0.1) is 11.3 Å². The Balaban J connectivity index is 1.18. The SMILES string of the molecule is O=c1[nH]c(N2CCC3(CCN(S(=O)(=O)c4ccccc4)C3)C2)nc(N[C@@H]2CCCNC2)c1-c1nc2ccccc2s1. The number of anilines is 2. The van der Waals surface area contributed by atoms with Gasteiger partial charge in [-0.3, -0.25) is 9.78 Å². The quantitative estimate of drug-likeness (QED) is 0.311. The van der Waals surface area contributed by atoms with E-state index in [0.29, 0.717) is 53.4 Å². The summed E-state index contributed by atoms with van der Waals surface area (Å²) < 4.78 is 29.2. The van der Waals surface area contributed by atoms with Crippen LogP contribution in [0.3, 0.4) is 0 Å². The van der Waals surface area contributed by atoms with E-state index < -0.39 is 10.0 Å². The Morgan fingerprint density at radius 2 is 1.80 bits per heavy atom. The lowest BCUT2D eigenvalue weighted by atomic mass is 9.87. The van der Waals surface area contributed by atoms with Crippen LogP contribution in [-0.4, -0.2) is 73.0 Å². The molecule has 3 fully saturated rings. The lowest BCUT2D eigenvalue weighted by molar-refractivity contribution is 0.341. The van der Waals surface area contributed by atoms with E-state index in [1.165, 1.54) is 11.3 Å². The minimum Gasteiger partial charge on any atom is -0.365 e. The van der Waals surface area contributed by atoms with E-state index in [4.69, 9.17) is 9.97 Å². The summed E-state index contributed by atoms with van der Waals surface area (Å²) in [6, 6.07) is 16.7. The lowest BCUT2D eigenvalue weighted by Gasteiger charge is -2.27. The van der Waals surface area contributed by atoms with Crippen molar-refractivity contribution >= 4 is 43.3 Å². The minimum atomic E-state index is -3.54. The molecule has 0 saturated carbocycles. The molecule has 7 rings (SSSR count). The molecule has 3 aliphatic heterocycles. The first-order valence-electron chi connectivity index (χ1n) is 14.2. The van der Waals surface area contributed by atoms with Gasteiger partial charge in [0.15, 0.2) is 0 Å². The Kier molecular flexibility index (Phi) is 6.81. The zero-order valence-electron chi connectivity index (χ0n) is 22.7. The molecule has 12 heteroatoms. The number of hydrogen-bond donors (Lipinski definition) is 3. The molecule has 2 aromatic carbocycles. The van der Waals surface area contributed by atoms with Gasteiger partial charge in [0.1, 0.15) is 16.4 Å². The number of sulfonamides is 1. The third-order valence-corrected chi connectivity index (χ3v) is 11.5. The first-order chi connectivity index (χ1) is 19.9. The molecule has 2 aromatic heterocycles. The second kappa shape index (κ2) is 10.5. The number of piperidine rings is 1. The molecule has 10 nitrogen and oxygen atoms in total. The first kappa shape index (κ1) is 26.6. The number of para-hydroxylation sites is 1. The second-order valence-electron chi connectivity index (χ2n) is 11.4. The fourth-order valence-electron chi connectivity index (χ4n) is 6.35. The Bertz CT molecular complexity index is 1700. The summed E-state index contributed by atoms with van der Waals surface area (Å²) in [5, 5.41) is 7.64. The third-order valence-electron chi connectivity index (χ3n) is 8.57. The van der Waals surface area contributed by atoms with Crippen molar-refractivity contribution in [1.29, 1.82) is 0 Å². The summed E-state index contributed by atoms with van der Waals surface area (Å²) in [6.07, 6.45) is 3.67. The van der Waals surface area contributed by atoms with Gasteiger partial charge in [0.2, 0.25) is 16.0 Å². The average molecular weight is 592 g/mol. The summed E-state index contributed by atoms with van der Waals surface area (Å²) in [5.74, 6) is 1.07. The number of fused-ring (bicyclic) bond motifs is 1. The number of thiazole rings is 1. The highest BCUT2D eigenvalue weighted by atomic mass is 32.2. The zero-order valence-corrected chi connectivity index (χ0v) is 24.3. The van der Waals surface area contributed by atoms with Crippen molar-refractivity contribution in [2.75, 3.05) is 49.5 Å². The summed E-state index contributed by atoms with van der Waals surface area (Å²) in [6.45, 7) is 4.10. The van der Waals surface area contributed by atoms with Crippen LogP contribution in [0.15, 0.2) is 64.3 Å². The van der Waals surface area contributed by atoms with Gasteiger partial charge in [-0.1, -0.05) is 30.3 Å². The normalized spacial score (nSPS) is 23.5. The van der Waals surface area contributed by atoms with Crippen LogP contribution in [-0.2, 0) is 10.0 Å². The monoisotopic (exact) mass is 591 g/mol. The van der Waals surface area contributed by atoms with Crippen molar-refractivity contribution in [1.82, 2.24) is 24.6 Å². The molecule has 41 heavy (non-hydrogen) atoms. The molecule has 3 N–H and O–H groups in total. The molecule has 0 bridgehead atoms. The Labute approximate surface area is 242 Å².